The molecule has 2 aromatic carbocycles. The lowest BCUT2D eigenvalue weighted by Crippen LogP contribution is -2.28. The fraction of sp³-hybridized carbons (Fsp3) is 0.211. The Kier molecular flexibility index (Phi) is 6.41. The van der Waals surface area contributed by atoms with Crippen LogP contribution >= 0.6 is 23.1 Å². The van der Waals surface area contributed by atoms with Gasteiger partial charge in [0.05, 0.1) is 34.0 Å². The number of nitrogens with one attached hydrogen (secondary N) is 1. The Morgan fingerprint density at radius 1 is 1.15 bits per heavy atom. The van der Waals surface area contributed by atoms with Crippen molar-refractivity contribution < 1.29 is 14.0 Å². The first-order chi connectivity index (χ1) is 13.0. The topological polar surface area (TPSA) is 62.3 Å². The molecule has 0 saturated carbocycles. The molecule has 1 aromatic heterocycles. The van der Waals surface area contributed by atoms with Gasteiger partial charge in [0.25, 0.3) is 0 Å². The molecule has 140 valence electrons. The maximum absolute atomic E-state index is 13.5. The van der Waals surface area contributed by atoms with Gasteiger partial charge in [-0.25, -0.2) is 9.37 Å². The largest absolute Gasteiger partial charge is 0.338 e. The van der Waals surface area contributed by atoms with Gasteiger partial charge >= 0.3 is 0 Å². The van der Waals surface area contributed by atoms with Gasteiger partial charge in [-0.15, -0.1) is 23.1 Å². The Bertz CT molecular complexity index is 928. The van der Waals surface area contributed by atoms with Gasteiger partial charge in [0.2, 0.25) is 11.8 Å². The second kappa shape index (κ2) is 8.96. The normalized spacial score (nSPS) is 10.7. The van der Waals surface area contributed by atoms with E-state index >= 15 is 0 Å². The zero-order valence-electron chi connectivity index (χ0n) is 14.6. The molecule has 8 heteroatoms. The minimum Gasteiger partial charge on any atom is -0.338 e. The summed E-state index contributed by atoms with van der Waals surface area (Å²) in [5.41, 5.74) is 1.07. The van der Waals surface area contributed by atoms with E-state index in [4.69, 9.17) is 0 Å². The molecule has 27 heavy (non-hydrogen) atoms. The lowest BCUT2D eigenvalue weighted by Gasteiger charge is -2.15. The molecule has 3 rings (SSSR count). The minimum atomic E-state index is -0.484. The summed E-state index contributed by atoms with van der Waals surface area (Å²) < 4.78 is 14.6. The van der Waals surface area contributed by atoms with Crippen molar-refractivity contribution in [3.8, 4) is 0 Å². The number of para-hydroxylation sites is 2. The second-order valence-electron chi connectivity index (χ2n) is 5.85. The summed E-state index contributed by atoms with van der Waals surface area (Å²) in [5, 5.41) is 3.37. The van der Waals surface area contributed by atoms with Gasteiger partial charge < -0.3 is 10.2 Å². The van der Waals surface area contributed by atoms with Gasteiger partial charge in [-0.3, -0.25) is 9.59 Å². The monoisotopic (exact) mass is 403 g/mol. The highest BCUT2D eigenvalue weighted by Gasteiger charge is 2.13. The second-order valence-corrected chi connectivity index (χ2v) is 7.95. The number of halogens is 1. The Morgan fingerprint density at radius 2 is 1.89 bits per heavy atom. The van der Waals surface area contributed by atoms with Crippen LogP contribution in [0.5, 0.6) is 0 Å². The average molecular weight is 404 g/mol. The summed E-state index contributed by atoms with van der Waals surface area (Å²) in [6.45, 7) is 0.431. The summed E-state index contributed by atoms with van der Waals surface area (Å²) in [6, 6.07) is 13.8. The van der Waals surface area contributed by atoms with Crippen molar-refractivity contribution in [3.05, 3.63) is 59.4 Å². The van der Waals surface area contributed by atoms with Gasteiger partial charge in [-0.05, 0) is 24.3 Å². The lowest BCUT2D eigenvalue weighted by molar-refractivity contribution is -0.127. The number of benzene rings is 2. The van der Waals surface area contributed by atoms with Gasteiger partial charge in [0.15, 0.2) is 0 Å². The molecule has 0 aliphatic heterocycles. The Hall–Kier alpha value is -2.45. The predicted octanol–water partition coefficient (Wildman–Crippen LogP) is 3.77. The number of anilines is 1. The van der Waals surface area contributed by atoms with Crippen molar-refractivity contribution in [1.29, 1.82) is 0 Å². The van der Waals surface area contributed by atoms with Crippen LogP contribution < -0.4 is 5.32 Å². The highest BCUT2D eigenvalue weighted by atomic mass is 32.2. The molecule has 0 spiro atoms. The Balaban J connectivity index is 1.44. The third kappa shape index (κ3) is 5.27. The minimum absolute atomic E-state index is 0.0784. The van der Waals surface area contributed by atoms with Crippen LogP contribution in [-0.4, -0.2) is 40.3 Å². The van der Waals surface area contributed by atoms with E-state index in [-0.39, 0.29) is 29.0 Å². The third-order valence-electron chi connectivity index (χ3n) is 3.74. The van der Waals surface area contributed by atoms with Crippen molar-refractivity contribution in [2.45, 2.75) is 6.54 Å². The van der Waals surface area contributed by atoms with Crippen molar-refractivity contribution in [1.82, 2.24) is 9.88 Å². The van der Waals surface area contributed by atoms with E-state index in [1.807, 2.05) is 24.3 Å². The molecule has 0 fully saturated rings. The smallest absolute Gasteiger partial charge is 0.234 e. The maximum atomic E-state index is 13.5. The molecule has 0 aliphatic rings. The van der Waals surface area contributed by atoms with Crippen LogP contribution in [0.25, 0.3) is 10.2 Å². The molecule has 0 radical (unpaired) electrons. The van der Waals surface area contributed by atoms with E-state index in [0.717, 1.165) is 15.2 Å². The number of rotatable bonds is 7. The van der Waals surface area contributed by atoms with E-state index in [9.17, 15) is 14.0 Å². The first kappa shape index (κ1) is 19.3. The Labute approximate surface area is 164 Å². The fourth-order valence-corrected chi connectivity index (χ4v) is 4.14. The van der Waals surface area contributed by atoms with E-state index in [2.05, 4.69) is 10.3 Å². The molecule has 0 atom stereocenters. The summed E-state index contributed by atoms with van der Waals surface area (Å²) >= 11 is 2.76. The van der Waals surface area contributed by atoms with E-state index in [1.165, 1.54) is 23.9 Å². The zero-order chi connectivity index (χ0) is 19.2. The molecule has 0 bridgehead atoms. The first-order valence-corrected chi connectivity index (χ1v) is 10.2. The molecule has 0 unspecified atom stereocenters. The van der Waals surface area contributed by atoms with E-state index < -0.39 is 5.82 Å². The first-order valence-electron chi connectivity index (χ1n) is 8.23. The molecule has 1 N–H and O–H groups in total. The molecule has 1 heterocycles. The summed E-state index contributed by atoms with van der Waals surface area (Å²) in [5.74, 6) is -0.659. The molecule has 5 nitrogen and oxygen atoms in total. The fourth-order valence-electron chi connectivity index (χ4n) is 2.37. The standard InChI is InChI=1S/C19H18FN3O2S2/c1-23(10-18-22-15-8-4-5-9-16(15)27-18)19(25)12-26-11-17(24)21-14-7-3-2-6-13(14)20/h2-9H,10-12H2,1H3,(H,21,24). The van der Waals surface area contributed by atoms with Crippen molar-refractivity contribution >= 4 is 50.8 Å². The summed E-state index contributed by atoms with van der Waals surface area (Å²) in [6.07, 6.45) is 0. The quantitative estimate of drug-likeness (QED) is 0.652. The molecule has 3 aromatic rings. The number of thioether (sulfide) groups is 1. The summed E-state index contributed by atoms with van der Waals surface area (Å²) in [4.78, 5) is 30.2. The SMILES string of the molecule is CN(Cc1nc2ccccc2s1)C(=O)CSCC(=O)Nc1ccccc1F. The van der Waals surface area contributed by atoms with Crippen LogP contribution in [0.1, 0.15) is 5.01 Å². The van der Waals surface area contributed by atoms with Crippen molar-refractivity contribution in [3.63, 3.8) is 0 Å². The number of nitrogens with zero attached hydrogens (tertiary/aromatic N) is 2. The highest BCUT2D eigenvalue weighted by Crippen LogP contribution is 2.22. The van der Waals surface area contributed by atoms with Crippen LogP contribution in [0.4, 0.5) is 10.1 Å². The highest BCUT2D eigenvalue weighted by molar-refractivity contribution is 8.00. The summed E-state index contributed by atoms with van der Waals surface area (Å²) in [7, 11) is 1.72. The number of carbonyl (C=O) groups excluding carboxylic acids is 2. The van der Waals surface area contributed by atoms with Gasteiger partial charge in [-0.1, -0.05) is 24.3 Å². The van der Waals surface area contributed by atoms with Crippen LogP contribution in [0.15, 0.2) is 48.5 Å². The van der Waals surface area contributed by atoms with Gasteiger partial charge in [0.1, 0.15) is 10.8 Å². The number of carbonyl (C=O) groups is 2. The zero-order valence-corrected chi connectivity index (χ0v) is 16.3. The number of thiazole rings is 1. The van der Waals surface area contributed by atoms with Crippen LogP contribution in [-0.2, 0) is 16.1 Å². The van der Waals surface area contributed by atoms with Crippen molar-refractivity contribution in [2.75, 3.05) is 23.9 Å². The average Bonchev–Trinajstić information content (AvgIpc) is 3.05. The molecule has 0 saturated heterocycles. The lowest BCUT2D eigenvalue weighted by atomic mass is 10.3. The predicted molar refractivity (Wildman–Crippen MR) is 108 cm³/mol. The number of hydrogen-bond acceptors (Lipinski definition) is 5. The molecule has 0 aliphatic carbocycles. The van der Waals surface area contributed by atoms with Gasteiger partial charge in [0, 0.05) is 7.05 Å². The molecule has 2 amide bonds. The van der Waals surface area contributed by atoms with E-state index in [1.54, 1.807) is 35.4 Å². The third-order valence-corrected chi connectivity index (χ3v) is 5.68. The van der Waals surface area contributed by atoms with E-state index in [0.29, 0.717) is 6.54 Å². The van der Waals surface area contributed by atoms with Crippen LogP contribution in [0.3, 0.4) is 0 Å². The molecular weight excluding hydrogens is 385 g/mol. The Morgan fingerprint density at radius 3 is 2.67 bits per heavy atom. The number of amides is 2. The van der Waals surface area contributed by atoms with Gasteiger partial charge in [-0.2, -0.15) is 0 Å². The maximum Gasteiger partial charge on any atom is 0.234 e. The van der Waals surface area contributed by atoms with Crippen LogP contribution in [0, 0.1) is 5.82 Å². The van der Waals surface area contributed by atoms with Crippen molar-refractivity contribution in [2.24, 2.45) is 0 Å². The van der Waals surface area contributed by atoms with Crippen LogP contribution in [0.2, 0.25) is 0 Å². The number of hydrogen-bond donors (Lipinski definition) is 1. The number of aromatic nitrogens is 1. The number of fused-ring (bicyclic) bond motifs is 1. The molecular formula is C19H18FN3O2S2.